The van der Waals surface area contributed by atoms with Crippen molar-refractivity contribution >= 4 is 23.1 Å². The lowest BCUT2D eigenvalue weighted by molar-refractivity contribution is 0.402. The van der Waals surface area contributed by atoms with E-state index in [1.54, 1.807) is 4.57 Å². The van der Waals surface area contributed by atoms with Crippen molar-refractivity contribution in [3.8, 4) is 0 Å². The fourth-order valence-corrected chi connectivity index (χ4v) is 2.90. The average molecular weight is 325 g/mol. The van der Waals surface area contributed by atoms with Crippen LogP contribution in [0.4, 0.5) is 0 Å². The zero-order valence-electron chi connectivity index (χ0n) is 13.2. The van der Waals surface area contributed by atoms with Crippen molar-refractivity contribution in [1.29, 1.82) is 0 Å². The molecule has 0 spiro atoms. The van der Waals surface area contributed by atoms with E-state index in [-0.39, 0.29) is 5.56 Å². The lowest BCUT2D eigenvalue weighted by atomic mass is 10.1. The first-order valence-corrected chi connectivity index (χ1v) is 7.90. The number of aromatic nitrogens is 2. The monoisotopic (exact) mass is 325 g/mol. The SMILES string of the molecule is CN(C)Cc1ccc(Cn2c(=S)[nH]c3ccccc3c2=O)cc1. The van der Waals surface area contributed by atoms with Crippen molar-refractivity contribution in [2.45, 2.75) is 13.1 Å². The molecule has 0 aliphatic carbocycles. The summed E-state index contributed by atoms with van der Waals surface area (Å²) in [7, 11) is 4.09. The van der Waals surface area contributed by atoms with Gasteiger partial charge in [-0.2, -0.15) is 0 Å². The molecule has 0 amide bonds. The van der Waals surface area contributed by atoms with Crippen molar-refractivity contribution in [3.63, 3.8) is 0 Å². The Labute approximate surface area is 140 Å². The van der Waals surface area contributed by atoms with Crippen molar-refractivity contribution in [2.24, 2.45) is 0 Å². The normalized spacial score (nSPS) is 11.3. The molecule has 3 aromatic rings. The average Bonchev–Trinajstić information content (AvgIpc) is 2.52. The Morgan fingerprint density at radius 1 is 1.04 bits per heavy atom. The Balaban J connectivity index is 1.95. The second kappa shape index (κ2) is 6.48. The summed E-state index contributed by atoms with van der Waals surface area (Å²) >= 11 is 5.35. The second-order valence-electron chi connectivity index (χ2n) is 5.92. The molecule has 23 heavy (non-hydrogen) atoms. The highest BCUT2D eigenvalue weighted by molar-refractivity contribution is 7.71. The smallest absolute Gasteiger partial charge is 0.262 e. The van der Waals surface area contributed by atoms with Gasteiger partial charge < -0.3 is 9.88 Å². The van der Waals surface area contributed by atoms with Crippen molar-refractivity contribution in [1.82, 2.24) is 14.5 Å². The van der Waals surface area contributed by atoms with Crippen LogP contribution >= 0.6 is 12.2 Å². The van der Waals surface area contributed by atoms with Gasteiger partial charge in [0.2, 0.25) is 0 Å². The molecular weight excluding hydrogens is 306 g/mol. The third kappa shape index (κ3) is 3.41. The van der Waals surface area contributed by atoms with Crippen molar-refractivity contribution < 1.29 is 0 Å². The van der Waals surface area contributed by atoms with E-state index in [1.165, 1.54) is 5.56 Å². The molecule has 0 atom stereocenters. The molecule has 4 nitrogen and oxygen atoms in total. The number of para-hydroxylation sites is 1. The molecule has 118 valence electrons. The summed E-state index contributed by atoms with van der Waals surface area (Å²) in [5.41, 5.74) is 3.03. The third-order valence-electron chi connectivity index (χ3n) is 3.75. The molecule has 1 N–H and O–H groups in total. The molecule has 1 heterocycles. The van der Waals surface area contributed by atoms with Gasteiger partial charge in [-0.25, -0.2) is 0 Å². The number of H-pyrrole nitrogens is 1. The van der Waals surface area contributed by atoms with Gasteiger partial charge in [-0.1, -0.05) is 36.4 Å². The quantitative estimate of drug-likeness (QED) is 0.749. The van der Waals surface area contributed by atoms with Crippen LogP contribution in [-0.2, 0) is 13.1 Å². The molecule has 0 bridgehead atoms. The van der Waals surface area contributed by atoms with E-state index in [1.807, 2.05) is 38.4 Å². The Bertz CT molecular complexity index is 939. The van der Waals surface area contributed by atoms with Crippen LogP contribution in [-0.4, -0.2) is 28.5 Å². The van der Waals surface area contributed by atoms with E-state index in [0.717, 1.165) is 17.6 Å². The minimum absolute atomic E-state index is 0.0540. The Morgan fingerprint density at radius 3 is 2.39 bits per heavy atom. The zero-order valence-corrected chi connectivity index (χ0v) is 14.1. The van der Waals surface area contributed by atoms with E-state index < -0.39 is 0 Å². The van der Waals surface area contributed by atoms with Gasteiger partial charge in [0, 0.05) is 6.54 Å². The topological polar surface area (TPSA) is 41.0 Å². The van der Waals surface area contributed by atoms with Crippen LogP contribution in [0.5, 0.6) is 0 Å². The highest BCUT2D eigenvalue weighted by atomic mass is 32.1. The van der Waals surface area contributed by atoms with Crippen LogP contribution in [0.3, 0.4) is 0 Å². The van der Waals surface area contributed by atoms with E-state index in [0.29, 0.717) is 16.7 Å². The summed E-state index contributed by atoms with van der Waals surface area (Å²) in [6.45, 7) is 1.37. The first-order chi connectivity index (χ1) is 11.0. The number of hydrogen-bond donors (Lipinski definition) is 1. The van der Waals surface area contributed by atoms with Gasteiger partial charge in [-0.05, 0) is 49.6 Å². The number of hydrogen-bond acceptors (Lipinski definition) is 3. The van der Waals surface area contributed by atoms with Crippen molar-refractivity contribution in [2.75, 3.05) is 14.1 Å². The number of nitrogens with one attached hydrogen (secondary N) is 1. The maximum atomic E-state index is 12.6. The van der Waals surface area contributed by atoms with Crippen LogP contribution in [0.2, 0.25) is 0 Å². The van der Waals surface area contributed by atoms with Crippen molar-refractivity contribution in [3.05, 3.63) is 74.8 Å². The molecule has 0 unspecified atom stereocenters. The Hall–Kier alpha value is -2.24. The predicted octanol–water partition coefficient (Wildman–Crippen LogP) is 3.17. The van der Waals surface area contributed by atoms with Gasteiger partial charge in [-0.3, -0.25) is 9.36 Å². The minimum atomic E-state index is -0.0540. The molecule has 0 saturated heterocycles. The molecule has 0 fully saturated rings. The maximum absolute atomic E-state index is 12.6. The largest absolute Gasteiger partial charge is 0.332 e. The van der Waals surface area contributed by atoms with Crippen LogP contribution in [0.1, 0.15) is 11.1 Å². The summed E-state index contributed by atoms with van der Waals surface area (Å²) in [4.78, 5) is 17.9. The number of nitrogens with zero attached hydrogens (tertiary/aromatic N) is 2. The summed E-state index contributed by atoms with van der Waals surface area (Å²) in [6.07, 6.45) is 0. The Kier molecular flexibility index (Phi) is 4.41. The first-order valence-electron chi connectivity index (χ1n) is 7.49. The zero-order chi connectivity index (χ0) is 16.4. The molecule has 0 radical (unpaired) electrons. The molecular formula is C18H19N3OS. The summed E-state index contributed by atoms with van der Waals surface area (Å²) in [5, 5.41) is 0.658. The predicted molar refractivity (Wildman–Crippen MR) is 96.3 cm³/mol. The van der Waals surface area contributed by atoms with E-state index >= 15 is 0 Å². The highest BCUT2D eigenvalue weighted by Crippen LogP contribution is 2.10. The van der Waals surface area contributed by atoms with Crippen LogP contribution < -0.4 is 5.56 Å². The molecule has 3 rings (SSSR count). The van der Waals surface area contributed by atoms with Gasteiger partial charge >= 0.3 is 0 Å². The van der Waals surface area contributed by atoms with E-state index in [9.17, 15) is 4.79 Å². The second-order valence-corrected chi connectivity index (χ2v) is 6.31. The summed E-state index contributed by atoms with van der Waals surface area (Å²) < 4.78 is 2.06. The van der Waals surface area contributed by atoms with Gasteiger partial charge in [0.05, 0.1) is 17.4 Å². The number of aromatic amines is 1. The van der Waals surface area contributed by atoms with Gasteiger partial charge in [0.15, 0.2) is 4.77 Å². The number of rotatable bonds is 4. The summed E-state index contributed by atoms with van der Waals surface area (Å²) in [5.74, 6) is 0. The maximum Gasteiger partial charge on any atom is 0.262 e. The van der Waals surface area contributed by atoms with E-state index in [4.69, 9.17) is 12.2 Å². The number of fused-ring (bicyclic) bond motifs is 1. The fourth-order valence-electron chi connectivity index (χ4n) is 2.64. The molecule has 0 aliphatic heterocycles. The molecule has 5 heteroatoms. The van der Waals surface area contributed by atoms with Gasteiger partial charge in [-0.15, -0.1) is 0 Å². The number of benzene rings is 2. The van der Waals surface area contributed by atoms with E-state index in [2.05, 4.69) is 34.1 Å². The molecule has 0 saturated carbocycles. The standard InChI is InChI=1S/C18H19N3OS/c1-20(2)11-13-7-9-14(10-8-13)12-21-17(22)15-5-3-4-6-16(15)19-18(21)23/h3-10H,11-12H2,1-2H3,(H,19,23). The molecule has 2 aromatic carbocycles. The first kappa shape index (κ1) is 15.6. The molecule has 0 aliphatic rings. The Morgan fingerprint density at radius 2 is 1.70 bits per heavy atom. The van der Waals surface area contributed by atoms with Gasteiger partial charge in [0.25, 0.3) is 5.56 Å². The molecule has 1 aromatic heterocycles. The third-order valence-corrected chi connectivity index (χ3v) is 4.07. The van der Waals surface area contributed by atoms with Crippen LogP contribution in [0.25, 0.3) is 10.9 Å². The summed E-state index contributed by atoms with van der Waals surface area (Å²) in [6, 6.07) is 15.7. The minimum Gasteiger partial charge on any atom is -0.332 e. The fraction of sp³-hybridized carbons (Fsp3) is 0.222. The lowest BCUT2D eigenvalue weighted by Gasteiger charge is -2.11. The lowest BCUT2D eigenvalue weighted by Crippen LogP contribution is -2.22. The van der Waals surface area contributed by atoms with Crippen LogP contribution in [0, 0.1) is 4.77 Å². The highest BCUT2D eigenvalue weighted by Gasteiger charge is 2.06. The van der Waals surface area contributed by atoms with Gasteiger partial charge in [0.1, 0.15) is 0 Å². The van der Waals surface area contributed by atoms with Crippen LogP contribution in [0.15, 0.2) is 53.3 Å².